The molecule has 1 aliphatic heterocycles. The lowest BCUT2D eigenvalue weighted by Crippen LogP contribution is -2.11. The van der Waals surface area contributed by atoms with Crippen LogP contribution < -0.4 is 5.32 Å². The molecule has 2 heterocycles. The smallest absolute Gasteiger partial charge is 0.257 e. The van der Waals surface area contributed by atoms with Crippen molar-refractivity contribution in [2.24, 2.45) is 0 Å². The molecular formula is C18H15ClN2OS3. The molecule has 0 radical (unpaired) electrons. The van der Waals surface area contributed by atoms with Crippen LogP contribution in [0.4, 0.5) is 5.13 Å². The Morgan fingerprint density at radius 3 is 2.64 bits per heavy atom. The summed E-state index contributed by atoms with van der Waals surface area (Å²) in [5.41, 5.74) is 2.76. The van der Waals surface area contributed by atoms with E-state index in [0.29, 0.717) is 20.3 Å². The summed E-state index contributed by atoms with van der Waals surface area (Å²) in [4.78, 5) is 16.9. The van der Waals surface area contributed by atoms with Crippen molar-refractivity contribution < 1.29 is 4.79 Å². The van der Waals surface area contributed by atoms with E-state index in [9.17, 15) is 4.79 Å². The van der Waals surface area contributed by atoms with Gasteiger partial charge in [0.25, 0.3) is 5.91 Å². The standard InChI is InChI=1S/C18H15ClN2OS3/c19-13-6-7-14-15(10-13)25-18(20-14)21-16(22)11-2-4-12(5-3-11)17-23-8-1-9-24-17/h2-7,10,17H,1,8-9H2,(H,20,21,22). The molecule has 1 N–H and O–H groups in total. The number of thiazole rings is 1. The second-order valence-electron chi connectivity index (χ2n) is 5.63. The normalized spacial score (nSPS) is 15.4. The lowest BCUT2D eigenvalue weighted by atomic mass is 10.1. The molecule has 0 unspecified atom stereocenters. The van der Waals surface area contributed by atoms with Crippen molar-refractivity contribution in [2.45, 2.75) is 11.0 Å². The van der Waals surface area contributed by atoms with Gasteiger partial charge < -0.3 is 0 Å². The summed E-state index contributed by atoms with van der Waals surface area (Å²) in [6, 6.07) is 13.4. The van der Waals surface area contributed by atoms with E-state index in [1.54, 1.807) is 6.07 Å². The maximum Gasteiger partial charge on any atom is 0.257 e. The van der Waals surface area contributed by atoms with E-state index < -0.39 is 0 Å². The van der Waals surface area contributed by atoms with E-state index in [2.05, 4.69) is 22.4 Å². The third-order valence-corrected chi connectivity index (χ3v) is 8.03. The summed E-state index contributed by atoms with van der Waals surface area (Å²) in [6.07, 6.45) is 1.28. The number of rotatable bonds is 3. The third-order valence-electron chi connectivity index (χ3n) is 3.84. The highest BCUT2D eigenvalue weighted by molar-refractivity contribution is 8.16. The van der Waals surface area contributed by atoms with Crippen molar-refractivity contribution in [1.82, 2.24) is 4.98 Å². The van der Waals surface area contributed by atoms with Crippen LogP contribution >= 0.6 is 46.5 Å². The number of nitrogens with one attached hydrogen (secondary N) is 1. The monoisotopic (exact) mass is 406 g/mol. The highest BCUT2D eigenvalue weighted by atomic mass is 35.5. The Balaban J connectivity index is 1.48. The van der Waals surface area contributed by atoms with Gasteiger partial charge in [-0.15, -0.1) is 23.5 Å². The number of aromatic nitrogens is 1. The Labute approximate surface area is 163 Å². The summed E-state index contributed by atoms with van der Waals surface area (Å²) in [5, 5.41) is 4.14. The molecule has 0 bridgehead atoms. The highest BCUT2D eigenvalue weighted by Gasteiger charge is 2.17. The number of carbonyl (C=O) groups is 1. The van der Waals surface area contributed by atoms with Gasteiger partial charge in [0.1, 0.15) is 0 Å². The number of hydrogen-bond acceptors (Lipinski definition) is 5. The Morgan fingerprint density at radius 2 is 1.88 bits per heavy atom. The molecule has 0 aliphatic carbocycles. The molecule has 0 spiro atoms. The molecule has 128 valence electrons. The second kappa shape index (κ2) is 7.58. The van der Waals surface area contributed by atoms with Crippen LogP contribution in [-0.4, -0.2) is 22.4 Å². The van der Waals surface area contributed by atoms with Crippen LogP contribution in [0.1, 0.15) is 26.9 Å². The number of thioether (sulfide) groups is 2. The summed E-state index contributed by atoms with van der Waals surface area (Å²) in [7, 11) is 0. The van der Waals surface area contributed by atoms with Gasteiger partial charge in [0.2, 0.25) is 0 Å². The molecule has 25 heavy (non-hydrogen) atoms. The molecule has 2 aromatic carbocycles. The van der Waals surface area contributed by atoms with Crippen LogP contribution in [0.25, 0.3) is 10.2 Å². The lowest BCUT2D eigenvalue weighted by Gasteiger charge is -2.21. The first-order valence-electron chi connectivity index (χ1n) is 7.90. The SMILES string of the molecule is O=C(Nc1nc2ccc(Cl)cc2s1)c1ccc(C2SCCCS2)cc1. The fourth-order valence-corrected chi connectivity index (χ4v) is 6.62. The van der Waals surface area contributed by atoms with Crippen molar-refractivity contribution in [3.8, 4) is 0 Å². The van der Waals surface area contributed by atoms with Crippen molar-refractivity contribution in [1.29, 1.82) is 0 Å². The average Bonchev–Trinajstić information content (AvgIpc) is 3.04. The number of fused-ring (bicyclic) bond motifs is 1. The van der Waals surface area contributed by atoms with Gasteiger partial charge in [-0.05, 0) is 53.8 Å². The zero-order chi connectivity index (χ0) is 17.2. The van der Waals surface area contributed by atoms with Gasteiger partial charge in [0.15, 0.2) is 5.13 Å². The van der Waals surface area contributed by atoms with Gasteiger partial charge in [-0.1, -0.05) is 35.1 Å². The van der Waals surface area contributed by atoms with Crippen molar-refractivity contribution in [2.75, 3.05) is 16.8 Å². The Kier molecular flexibility index (Phi) is 5.22. The van der Waals surface area contributed by atoms with E-state index in [0.717, 1.165) is 10.2 Å². The van der Waals surface area contributed by atoms with Crippen LogP contribution in [0, 0.1) is 0 Å². The topological polar surface area (TPSA) is 42.0 Å². The first-order chi connectivity index (χ1) is 12.2. The molecule has 3 aromatic rings. The Bertz CT molecular complexity index is 904. The van der Waals surface area contributed by atoms with Gasteiger partial charge in [-0.2, -0.15) is 0 Å². The minimum Gasteiger partial charge on any atom is -0.298 e. The molecule has 1 amide bonds. The number of amides is 1. The number of nitrogens with zero attached hydrogens (tertiary/aromatic N) is 1. The van der Waals surface area contributed by atoms with E-state index >= 15 is 0 Å². The maximum absolute atomic E-state index is 12.5. The van der Waals surface area contributed by atoms with Crippen LogP contribution in [0.15, 0.2) is 42.5 Å². The van der Waals surface area contributed by atoms with Crippen molar-refractivity contribution in [3.05, 3.63) is 58.6 Å². The summed E-state index contributed by atoms with van der Waals surface area (Å²) >= 11 is 11.4. The van der Waals surface area contributed by atoms with Gasteiger partial charge in [0, 0.05) is 10.6 Å². The molecule has 1 aliphatic rings. The number of hydrogen-bond donors (Lipinski definition) is 1. The minimum atomic E-state index is -0.138. The fraction of sp³-hybridized carbons (Fsp3) is 0.222. The van der Waals surface area contributed by atoms with Gasteiger partial charge in [0.05, 0.1) is 14.8 Å². The highest BCUT2D eigenvalue weighted by Crippen LogP contribution is 2.43. The van der Waals surface area contributed by atoms with Crippen LogP contribution in [0.3, 0.4) is 0 Å². The van der Waals surface area contributed by atoms with E-state index in [1.807, 2.05) is 47.8 Å². The average molecular weight is 407 g/mol. The second-order valence-corrected chi connectivity index (χ2v) is 9.83. The van der Waals surface area contributed by atoms with E-state index in [1.165, 1.54) is 34.8 Å². The van der Waals surface area contributed by atoms with Crippen molar-refractivity contribution in [3.63, 3.8) is 0 Å². The first-order valence-corrected chi connectivity index (χ1v) is 11.2. The summed E-state index contributed by atoms with van der Waals surface area (Å²) in [5.74, 6) is 2.28. The zero-order valence-corrected chi connectivity index (χ0v) is 16.4. The van der Waals surface area contributed by atoms with E-state index in [-0.39, 0.29) is 5.91 Å². The molecule has 1 aromatic heterocycles. The predicted molar refractivity (Wildman–Crippen MR) is 111 cm³/mol. The predicted octanol–water partition coefficient (Wildman–Crippen LogP) is 6.07. The molecule has 1 saturated heterocycles. The Hall–Kier alpha value is -1.21. The van der Waals surface area contributed by atoms with Gasteiger partial charge in [-0.25, -0.2) is 4.98 Å². The molecule has 0 atom stereocenters. The molecule has 1 fully saturated rings. The maximum atomic E-state index is 12.5. The van der Waals surface area contributed by atoms with Gasteiger partial charge in [-0.3, -0.25) is 10.1 Å². The largest absolute Gasteiger partial charge is 0.298 e. The first kappa shape index (κ1) is 17.2. The van der Waals surface area contributed by atoms with Crippen LogP contribution in [0.2, 0.25) is 5.02 Å². The van der Waals surface area contributed by atoms with E-state index in [4.69, 9.17) is 11.6 Å². The van der Waals surface area contributed by atoms with Crippen LogP contribution in [0.5, 0.6) is 0 Å². The molecule has 7 heteroatoms. The minimum absolute atomic E-state index is 0.138. The number of halogens is 1. The third kappa shape index (κ3) is 3.97. The number of benzene rings is 2. The fourth-order valence-electron chi connectivity index (χ4n) is 2.59. The summed E-state index contributed by atoms with van der Waals surface area (Å²) < 4.78 is 1.45. The zero-order valence-electron chi connectivity index (χ0n) is 13.2. The molecular weight excluding hydrogens is 392 g/mol. The number of anilines is 1. The lowest BCUT2D eigenvalue weighted by molar-refractivity contribution is 0.102. The Morgan fingerprint density at radius 1 is 1.12 bits per heavy atom. The quantitative estimate of drug-likeness (QED) is 0.573. The van der Waals surface area contributed by atoms with Gasteiger partial charge >= 0.3 is 0 Å². The molecule has 0 saturated carbocycles. The van der Waals surface area contributed by atoms with Crippen molar-refractivity contribution >= 4 is 67.7 Å². The summed E-state index contributed by atoms with van der Waals surface area (Å²) in [6.45, 7) is 0. The molecule has 4 rings (SSSR count). The van der Waals surface area contributed by atoms with Crippen LogP contribution in [-0.2, 0) is 0 Å². The number of carbonyl (C=O) groups excluding carboxylic acids is 1. The molecule has 3 nitrogen and oxygen atoms in total.